The lowest BCUT2D eigenvalue weighted by Crippen LogP contribution is -1.94. The molecule has 0 aliphatic heterocycles. The second-order valence-corrected chi connectivity index (χ2v) is 2.13. The second kappa shape index (κ2) is 4.06. The third-order valence-corrected chi connectivity index (χ3v) is 1.06. The third-order valence-electron chi connectivity index (χ3n) is 0.568. The van der Waals surface area contributed by atoms with Gasteiger partial charge in [0.25, 0.3) is 0 Å². The first-order valence-electron chi connectivity index (χ1n) is 2.07. The lowest BCUT2D eigenvalue weighted by atomic mass is 10.4. The smallest absolute Gasteiger partial charge is 0.00237 e. The summed E-state index contributed by atoms with van der Waals surface area (Å²) in [5, 5.41) is 0. The van der Waals surface area contributed by atoms with Gasteiger partial charge in [0.2, 0.25) is 0 Å². The van der Waals surface area contributed by atoms with Crippen LogP contribution in [0, 0.1) is 6.26 Å². The number of thioether (sulfide) groups is 1. The Morgan fingerprint density at radius 1 is 1.71 bits per heavy atom. The van der Waals surface area contributed by atoms with Gasteiger partial charge in [-0.2, -0.15) is 11.8 Å². The minimum atomic E-state index is 0.746. The summed E-state index contributed by atoms with van der Waals surface area (Å²) in [6.07, 6.45) is 4.46. The van der Waals surface area contributed by atoms with E-state index in [4.69, 9.17) is 5.73 Å². The summed E-state index contributed by atoms with van der Waals surface area (Å²) in [6, 6.07) is 0. The molecule has 0 saturated heterocycles. The normalized spacial score (nSPS) is 8.71. The summed E-state index contributed by atoms with van der Waals surface area (Å²) in [6.45, 7) is 3.53. The Balaban J connectivity index is 2.82. The highest BCUT2D eigenvalue weighted by atomic mass is 32.2. The summed E-state index contributed by atoms with van der Waals surface area (Å²) >= 11 is 1.54. The Hall–Kier alpha value is -0.110. The van der Waals surface area contributed by atoms with E-state index in [1.165, 1.54) is 11.8 Å². The summed E-state index contributed by atoms with van der Waals surface area (Å²) in [5.41, 5.74) is 5.99. The lowest BCUT2D eigenvalue weighted by molar-refractivity contribution is 1.10. The van der Waals surface area contributed by atoms with E-state index in [0.717, 1.165) is 17.9 Å². The van der Waals surface area contributed by atoms with Gasteiger partial charge < -0.3 is 5.73 Å². The second-order valence-electron chi connectivity index (χ2n) is 1.32. The van der Waals surface area contributed by atoms with E-state index in [9.17, 15) is 0 Å². The zero-order valence-corrected chi connectivity index (χ0v) is 5.13. The molecule has 1 radical (unpaired) electrons. The van der Waals surface area contributed by atoms with Gasteiger partial charge in [-0.15, -0.1) is 0 Å². The van der Waals surface area contributed by atoms with Gasteiger partial charge in [-0.25, -0.2) is 0 Å². The average molecular weight is 116 g/mol. The fourth-order valence-corrected chi connectivity index (χ4v) is 0.610. The molecule has 0 bridgehead atoms. The predicted octanol–water partition coefficient (Wildman–Crippen LogP) is 1.37. The van der Waals surface area contributed by atoms with Crippen LogP contribution in [0.25, 0.3) is 0 Å². The SMILES string of the molecule is [CH2]SCCC(=C)N. The molecule has 2 heteroatoms. The molecular weight excluding hydrogens is 106 g/mol. The van der Waals surface area contributed by atoms with Gasteiger partial charge in [-0.05, 0) is 12.2 Å². The van der Waals surface area contributed by atoms with Crippen molar-refractivity contribution in [3.63, 3.8) is 0 Å². The number of hydrogen-bond donors (Lipinski definition) is 1. The van der Waals surface area contributed by atoms with Crippen LogP contribution in [-0.2, 0) is 0 Å². The van der Waals surface area contributed by atoms with Crippen molar-refractivity contribution in [1.29, 1.82) is 0 Å². The van der Waals surface area contributed by atoms with E-state index in [2.05, 4.69) is 12.8 Å². The van der Waals surface area contributed by atoms with Crippen LogP contribution in [0.5, 0.6) is 0 Å². The molecule has 0 fully saturated rings. The molecule has 0 aliphatic rings. The van der Waals surface area contributed by atoms with Crippen LogP contribution >= 0.6 is 11.8 Å². The van der Waals surface area contributed by atoms with Crippen molar-refractivity contribution in [2.75, 3.05) is 5.75 Å². The zero-order valence-electron chi connectivity index (χ0n) is 4.31. The van der Waals surface area contributed by atoms with Crippen molar-refractivity contribution in [2.45, 2.75) is 6.42 Å². The molecule has 1 nitrogen and oxygen atoms in total. The first kappa shape index (κ1) is 6.89. The van der Waals surface area contributed by atoms with Crippen LogP contribution in [-0.4, -0.2) is 5.75 Å². The molecule has 0 saturated carbocycles. The van der Waals surface area contributed by atoms with Crippen LogP contribution < -0.4 is 5.73 Å². The molecule has 0 aromatic rings. The number of rotatable bonds is 3. The van der Waals surface area contributed by atoms with E-state index in [-0.39, 0.29) is 0 Å². The highest BCUT2D eigenvalue weighted by molar-refractivity contribution is 8.00. The summed E-state index contributed by atoms with van der Waals surface area (Å²) in [7, 11) is 0. The lowest BCUT2D eigenvalue weighted by Gasteiger charge is -1.92. The molecular formula is C5H10NS. The molecule has 0 aromatic carbocycles. The third kappa shape index (κ3) is 5.89. The number of hydrogen-bond acceptors (Lipinski definition) is 2. The molecule has 0 aliphatic carbocycles. The molecule has 0 rings (SSSR count). The van der Waals surface area contributed by atoms with Crippen molar-refractivity contribution >= 4 is 11.8 Å². The van der Waals surface area contributed by atoms with E-state index in [1.54, 1.807) is 0 Å². The van der Waals surface area contributed by atoms with Crippen LogP contribution in [0.4, 0.5) is 0 Å². The number of nitrogens with two attached hydrogens (primary N) is 1. The fourth-order valence-electron chi connectivity index (χ4n) is 0.203. The van der Waals surface area contributed by atoms with Crippen LogP contribution in [0.1, 0.15) is 6.42 Å². The first-order valence-corrected chi connectivity index (χ1v) is 3.23. The Kier molecular flexibility index (Phi) is 4.00. The monoisotopic (exact) mass is 116 g/mol. The van der Waals surface area contributed by atoms with Gasteiger partial charge in [-0.1, -0.05) is 6.58 Å². The largest absolute Gasteiger partial charge is 0.402 e. The summed E-state index contributed by atoms with van der Waals surface area (Å²) in [5.74, 6) is 0.981. The first-order chi connectivity index (χ1) is 3.27. The van der Waals surface area contributed by atoms with Crippen molar-refractivity contribution in [2.24, 2.45) is 5.73 Å². The summed E-state index contributed by atoms with van der Waals surface area (Å²) < 4.78 is 0. The minimum Gasteiger partial charge on any atom is -0.402 e. The zero-order chi connectivity index (χ0) is 5.70. The molecule has 0 unspecified atom stereocenters. The maximum atomic E-state index is 5.24. The Morgan fingerprint density at radius 2 is 2.29 bits per heavy atom. The maximum Gasteiger partial charge on any atom is 0.00237 e. The molecule has 2 N–H and O–H groups in total. The highest BCUT2D eigenvalue weighted by Gasteiger charge is 1.81. The molecule has 0 spiro atoms. The Labute approximate surface area is 49.0 Å². The van der Waals surface area contributed by atoms with Crippen molar-refractivity contribution in [3.05, 3.63) is 18.5 Å². The topological polar surface area (TPSA) is 26.0 Å². The van der Waals surface area contributed by atoms with E-state index in [1.807, 2.05) is 0 Å². The van der Waals surface area contributed by atoms with Gasteiger partial charge in [0, 0.05) is 12.0 Å². The standard InChI is InChI=1S/C5H10NS/c1-5(6)3-4-7-2/h1-4,6H2. The number of allylic oxidation sites excluding steroid dienone is 1. The fraction of sp³-hybridized carbons (Fsp3) is 0.400. The van der Waals surface area contributed by atoms with Gasteiger partial charge in [0.05, 0.1) is 0 Å². The Bertz CT molecular complexity index is 61.1. The van der Waals surface area contributed by atoms with Gasteiger partial charge in [-0.3, -0.25) is 0 Å². The molecule has 0 aromatic heterocycles. The quantitative estimate of drug-likeness (QED) is 0.602. The van der Waals surface area contributed by atoms with Crippen molar-refractivity contribution in [3.8, 4) is 0 Å². The van der Waals surface area contributed by atoms with E-state index < -0.39 is 0 Å². The summed E-state index contributed by atoms with van der Waals surface area (Å²) in [4.78, 5) is 0. The van der Waals surface area contributed by atoms with Gasteiger partial charge in [0.15, 0.2) is 0 Å². The predicted molar refractivity (Wildman–Crippen MR) is 35.8 cm³/mol. The van der Waals surface area contributed by atoms with Crippen LogP contribution in [0.15, 0.2) is 12.3 Å². The van der Waals surface area contributed by atoms with Crippen LogP contribution in [0.3, 0.4) is 0 Å². The van der Waals surface area contributed by atoms with E-state index in [0.29, 0.717) is 0 Å². The van der Waals surface area contributed by atoms with E-state index >= 15 is 0 Å². The minimum absolute atomic E-state index is 0.746. The molecule has 41 valence electrons. The maximum absolute atomic E-state index is 5.24. The molecule has 0 amide bonds. The molecule has 0 atom stereocenters. The van der Waals surface area contributed by atoms with Crippen molar-refractivity contribution in [1.82, 2.24) is 0 Å². The Morgan fingerprint density at radius 3 is 2.43 bits per heavy atom. The highest BCUT2D eigenvalue weighted by Crippen LogP contribution is 1.99. The molecule has 0 heterocycles. The van der Waals surface area contributed by atoms with Gasteiger partial charge >= 0.3 is 0 Å². The molecule has 7 heavy (non-hydrogen) atoms. The van der Waals surface area contributed by atoms with Crippen molar-refractivity contribution < 1.29 is 0 Å². The average Bonchev–Trinajstić information content (AvgIpc) is 1.61. The van der Waals surface area contributed by atoms with Crippen LogP contribution in [0.2, 0.25) is 0 Å². The van der Waals surface area contributed by atoms with Gasteiger partial charge in [0.1, 0.15) is 0 Å².